The SMILES string of the molecule is CCC.CCNC(=O)CCCCOc1ccc2c(c1)Oc1ccccc1C2C(C)(C)C. The summed E-state index contributed by atoms with van der Waals surface area (Å²) in [6, 6.07) is 14.4. The first-order chi connectivity index (χ1) is 14.8. The Kier molecular flexibility index (Phi) is 9.42. The lowest BCUT2D eigenvalue weighted by Gasteiger charge is -2.37. The van der Waals surface area contributed by atoms with E-state index in [-0.39, 0.29) is 17.2 Å². The molecule has 4 nitrogen and oxygen atoms in total. The van der Waals surface area contributed by atoms with Crippen molar-refractivity contribution in [2.24, 2.45) is 5.41 Å². The Bertz CT molecular complexity index is 839. The van der Waals surface area contributed by atoms with E-state index in [0.29, 0.717) is 19.6 Å². The van der Waals surface area contributed by atoms with E-state index in [2.05, 4.69) is 58.1 Å². The minimum Gasteiger partial charge on any atom is -0.493 e. The van der Waals surface area contributed by atoms with Crippen molar-refractivity contribution in [2.75, 3.05) is 13.2 Å². The van der Waals surface area contributed by atoms with E-state index >= 15 is 0 Å². The van der Waals surface area contributed by atoms with Crippen molar-refractivity contribution in [3.63, 3.8) is 0 Å². The van der Waals surface area contributed by atoms with Gasteiger partial charge in [0.25, 0.3) is 0 Å². The molecule has 0 fully saturated rings. The third-order valence-electron chi connectivity index (χ3n) is 5.05. The second-order valence-electron chi connectivity index (χ2n) is 9.10. The van der Waals surface area contributed by atoms with Gasteiger partial charge in [-0.05, 0) is 37.3 Å². The summed E-state index contributed by atoms with van der Waals surface area (Å²) in [5, 5.41) is 2.82. The molecule has 1 heterocycles. The van der Waals surface area contributed by atoms with Crippen LogP contribution in [0.2, 0.25) is 0 Å². The molecule has 0 aromatic heterocycles. The molecule has 31 heavy (non-hydrogen) atoms. The van der Waals surface area contributed by atoms with Gasteiger partial charge < -0.3 is 14.8 Å². The topological polar surface area (TPSA) is 47.6 Å². The van der Waals surface area contributed by atoms with Crippen LogP contribution in [-0.2, 0) is 4.79 Å². The van der Waals surface area contributed by atoms with E-state index in [4.69, 9.17) is 9.47 Å². The Labute approximate surface area is 188 Å². The second kappa shape index (κ2) is 11.8. The Morgan fingerprint density at radius 2 is 1.68 bits per heavy atom. The Hall–Kier alpha value is -2.49. The predicted octanol–water partition coefficient (Wildman–Crippen LogP) is 7.07. The van der Waals surface area contributed by atoms with Crippen molar-refractivity contribution in [1.82, 2.24) is 5.32 Å². The van der Waals surface area contributed by atoms with Gasteiger partial charge in [-0.1, -0.05) is 65.3 Å². The molecule has 1 aliphatic rings. The molecule has 1 atom stereocenters. The van der Waals surface area contributed by atoms with Crippen LogP contribution in [0.25, 0.3) is 0 Å². The molecule has 1 unspecified atom stereocenters. The van der Waals surface area contributed by atoms with Crippen molar-refractivity contribution in [3.8, 4) is 17.2 Å². The molecule has 0 radical (unpaired) electrons. The molecule has 0 saturated heterocycles. The molecular formula is C27H39NO3. The number of nitrogens with one attached hydrogen (secondary N) is 1. The number of fused-ring (bicyclic) bond motifs is 2. The highest BCUT2D eigenvalue weighted by atomic mass is 16.5. The third kappa shape index (κ3) is 7.02. The lowest BCUT2D eigenvalue weighted by Crippen LogP contribution is -2.23. The summed E-state index contributed by atoms with van der Waals surface area (Å²) in [6.45, 7) is 14.3. The molecule has 4 heteroatoms. The molecule has 1 aliphatic heterocycles. The van der Waals surface area contributed by atoms with Crippen LogP contribution in [0, 0.1) is 5.41 Å². The van der Waals surface area contributed by atoms with Gasteiger partial charge >= 0.3 is 0 Å². The van der Waals surface area contributed by atoms with E-state index < -0.39 is 0 Å². The van der Waals surface area contributed by atoms with Gasteiger partial charge in [0, 0.05) is 36.1 Å². The van der Waals surface area contributed by atoms with Crippen molar-refractivity contribution < 1.29 is 14.3 Å². The third-order valence-corrected chi connectivity index (χ3v) is 5.05. The zero-order valence-electron chi connectivity index (χ0n) is 20.1. The molecule has 1 N–H and O–H groups in total. The van der Waals surface area contributed by atoms with Crippen LogP contribution in [0.15, 0.2) is 42.5 Å². The van der Waals surface area contributed by atoms with Crippen molar-refractivity contribution in [2.45, 2.75) is 73.1 Å². The molecule has 170 valence electrons. The van der Waals surface area contributed by atoms with Gasteiger partial charge in [0.05, 0.1) is 6.61 Å². The Morgan fingerprint density at radius 3 is 2.35 bits per heavy atom. The second-order valence-corrected chi connectivity index (χ2v) is 9.10. The monoisotopic (exact) mass is 425 g/mol. The summed E-state index contributed by atoms with van der Waals surface area (Å²) in [6.07, 6.45) is 3.48. The zero-order valence-corrected chi connectivity index (χ0v) is 20.1. The maximum absolute atomic E-state index is 11.5. The molecule has 2 aromatic rings. The minimum absolute atomic E-state index is 0.0794. The summed E-state index contributed by atoms with van der Waals surface area (Å²) in [7, 11) is 0. The minimum atomic E-state index is 0.0794. The van der Waals surface area contributed by atoms with Gasteiger partial charge in [-0.15, -0.1) is 0 Å². The average Bonchev–Trinajstić information content (AvgIpc) is 2.71. The van der Waals surface area contributed by atoms with Gasteiger partial charge in [0.15, 0.2) is 0 Å². The summed E-state index contributed by atoms with van der Waals surface area (Å²) >= 11 is 0. The molecular weight excluding hydrogens is 386 g/mol. The number of unbranched alkanes of at least 4 members (excludes halogenated alkanes) is 1. The van der Waals surface area contributed by atoms with Crippen LogP contribution in [0.3, 0.4) is 0 Å². The van der Waals surface area contributed by atoms with Crippen LogP contribution in [-0.4, -0.2) is 19.1 Å². The summed E-state index contributed by atoms with van der Waals surface area (Å²) in [5.41, 5.74) is 2.52. The smallest absolute Gasteiger partial charge is 0.219 e. The number of amides is 1. The lowest BCUT2D eigenvalue weighted by molar-refractivity contribution is -0.121. The first-order valence-corrected chi connectivity index (χ1v) is 11.6. The van der Waals surface area contributed by atoms with Crippen molar-refractivity contribution >= 4 is 5.91 Å². The van der Waals surface area contributed by atoms with Gasteiger partial charge in [-0.2, -0.15) is 0 Å². The van der Waals surface area contributed by atoms with Crippen LogP contribution in [0.1, 0.15) is 84.3 Å². The normalized spacial score (nSPS) is 14.3. The average molecular weight is 426 g/mol. The lowest BCUT2D eigenvalue weighted by atomic mass is 9.71. The molecule has 0 aliphatic carbocycles. The highest BCUT2D eigenvalue weighted by Gasteiger charge is 2.35. The molecule has 0 bridgehead atoms. The number of ether oxygens (including phenoxy) is 2. The summed E-state index contributed by atoms with van der Waals surface area (Å²) in [5.74, 6) is 2.99. The fourth-order valence-corrected chi connectivity index (χ4v) is 3.83. The highest BCUT2D eigenvalue weighted by molar-refractivity contribution is 5.75. The van der Waals surface area contributed by atoms with Crippen LogP contribution >= 0.6 is 0 Å². The first kappa shape index (κ1) is 24.8. The summed E-state index contributed by atoms with van der Waals surface area (Å²) in [4.78, 5) is 11.5. The van der Waals surface area contributed by atoms with Crippen molar-refractivity contribution in [3.05, 3.63) is 53.6 Å². The van der Waals surface area contributed by atoms with E-state index in [1.54, 1.807) is 0 Å². The number of hydrogen-bond acceptors (Lipinski definition) is 3. The van der Waals surface area contributed by atoms with Crippen LogP contribution in [0.4, 0.5) is 0 Å². The van der Waals surface area contributed by atoms with Crippen LogP contribution in [0.5, 0.6) is 17.2 Å². The molecule has 2 aromatic carbocycles. The molecule has 3 rings (SSSR count). The van der Waals surface area contributed by atoms with E-state index in [9.17, 15) is 4.79 Å². The quantitative estimate of drug-likeness (QED) is 0.483. The number of rotatable bonds is 7. The summed E-state index contributed by atoms with van der Waals surface area (Å²) < 4.78 is 12.1. The number of benzene rings is 2. The molecule has 0 saturated carbocycles. The fraction of sp³-hybridized carbons (Fsp3) is 0.519. The largest absolute Gasteiger partial charge is 0.493 e. The molecule has 1 amide bonds. The maximum Gasteiger partial charge on any atom is 0.219 e. The van der Waals surface area contributed by atoms with Crippen molar-refractivity contribution in [1.29, 1.82) is 0 Å². The predicted molar refractivity (Wildman–Crippen MR) is 128 cm³/mol. The van der Waals surface area contributed by atoms with Crippen LogP contribution < -0.4 is 14.8 Å². The Balaban J connectivity index is 0.00000107. The van der Waals surface area contributed by atoms with Gasteiger partial charge in [-0.3, -0.25) is 4.79 Å². The number of carbonyl (C=O) groups excluding carboxylic acids is 1. The van der Waals surface area contributed by atoms with Gasteiger partial charge in [0.2, 0.25) is 5.91 Å². The standard InChI is InChI=1S/C24H31NO3.C3H8/c1-5-25-22(26)12-8-9-15-27-17-13-14-19-21(16-17)28-20-11-7-6-10-18(20)23(19)24(2,3)4;1-3-2/h6-7,10-11,13-14,16,23H,5,8-9,12,15H2,1-4H3,(H,25,26);3H2,1-2H3. The highest BCUT2D eigenvalue weighted by Crippen LogP contribution is 2.52. The first-order valence-electron chi connectivity index (χ1n) is 11.6. The van der Waals surface area contributed by atoms with E-state index in [1.807, 2.05) is 31.2 Å². The molecule has 0 spiro atoms. The Morgan fingerprint density at radius 1 is 1.00 bits per heavy atom. The maximum atomic E-state index is 11.5. The van der Waals surface area contributed by atoms with Gasteiger partial charge in [-0.25, -0.2) is 0 Å². The number of hydrogen-bond donors (Lipinski definition) is 1. The van der Waals surface area contributed by atoms with Gasteiger partial charge in [0.1, 0.15) is 17.2 Å². The van der Waals surface area contributed by atoms with E-state index in [1.165, 1.54) is 17.5 Å². The number of carbonyl (C=O) groups is 1. The van der Waals surface area contributed by atoms with E-state index in [0.717, 1.165) is 30.1 Å². The number of para-hydroxylation sites is 1. The zero-order chi connectivity index (χ0) is 22.9. The fourth-order valence-electron chi connectivity index (χ4n) is 3.83.